The molecule has 0 N–H and O–H groups in total. The maximum Gasteiger partial charge on any atom is 0.136 e. The summed E-state index contributed by atoms with van der Waals surface area (Å²) in [5.74, 6) is 0. The van der Waals surface area contributed by atoms with Gasteiger partial charge in [-0.15, -0.1) is 0 Å². The van der Waals surface area contributed by atoms with Gasteiger partial charge in [0.25, 0.3) is 0 Å². The van der Waals surface area contributed by atoms with E-state index in [1.54, 1.807) is 0 Å². The molecule has 1 aliphatic heterocycles. The molecule has 0 bridgehead atoms. The zero-order valence-electron chi connectivity index (χ0n) is 5.84. The molecule has 1 unspecified atom stereocenters. The summed E-state index contributed by atoms with van der Waals surface area (Å²) in [5.41, 5.74) is 0. The lowest BCUT2D eigenvalue weighted by Crippen LogP contribution is -2.30. The second kappa shape index (κ2) is 2.97. The van der Waals surface area contributed by atoms with E-state index >= 15 is 0 Å². The third kappa shape index (κ3) is 1.52. The Labute approximate surface area is 55.8 Å². The molecule has 1 fully saturated rings. The number of nitrogens with zero attached hydrogens (tertiary/aromatic N) is 1. The quantitative estimate of drug-likeness (QED) is 0.508. The molecule has 2 nitrogen and oxygen atoms in total. The number of carbonyl (C=O) groups is 1. The number of likely N-dealkylation sites (tertiary alicyclic amines) is 1. The molecule has 0 aromatic carbocycles. The largest absolute Gasteiger partial charge is 0.302 e. The number of carbonyl (C=O) groups excluding carboxylic acids is 1. The van der Waals surface area contributed by atoms with E-state index < -0.39 is 0 Å². The predicted molar refractivity (Wildman–Crippen MR) is 36.3 cm³/mol. The zero-order valence-corrected chi connectivity index (χ0v) is 5.84. The van der Waals surface area contributed by atoms with Gasteiger partial charge in [-0.1, -0.05) is 0 Å². The van der Waals surface area contributed by atoms with Crippen molar-refractivity contribution < 1.29 is 4.79 Å². The average molecular weight is 127 g/mol. The summed E-state index contributed by atoms with van der Waals surface area (Å²) in [5, 5.41) is 0. The second-order valence-electron chi connectivity index (χ2n) is 2.62. The highest BCUT2D eigenvalue weighted by Crippen LogP contribution is 2.09. The molecule has 1 heterocycles. The van der Waals surface area contributed by atoms with Crippen LogP contribution in [0.2, 0.25) is 0 Å². The molecule has 0 radical (unpaired) electrons. The Balaban J connectivity index is 2.32. The molecule has 2 heteroatoms. The van der Waals surface area contributed by atoms with Crippen LogP contribution < -0.4 is 0 Å². The van der Waals surface area contributed by atoms with Crippen molar-refractivity contribution in [1.29, 1.82) is 0 Å². The Kier molecular flexibility index (Phi) is 2.22. The van der Waals surface area contributed by atoms with E-state index in [1.807, 2.05) is 6.92 Å². The molecule has 1 aliphatic rings. The maximum absolute atomic E-state index is 10.3. The van der Waals surface area contributed by atoms with Crippen molar-refractivity contribution in [3.05, 3.63) is 0 Å². The SMILES string of the molecule is CC(C=O)N1CCCC1. The fraction of sp³-hybridized carbons (Fsp3) is 0.857. The molecule has 52 valence electrons. The van der Waals surface area contributed by atoms with Gasteiger partial charge in [0.2, 0.25) is 0 Å². The summed E-state index contributed by atoms with van der Waals surface area (Å²) < 4.78 is 0. The van der Waals surface area contributed by atoms with Crippen molar-refractivity contribution >= 4 is 6.29 Å². The van der Waals surface area contributed by atoms with Crippen LogP contribution in [0.3, 0.4) is 0 Å². The molecule has 0 spiro atoms. The summed E-state index contributed by atoms with van der Waals surface area (Å²) in [6, 6.07) is 0.146. The van der Waals surface area contributed by atoms with Crippen LogP contribution >= 0.6 is 0 Å². The predicted octanol–water partition coefficient (Wildman–Crippen LogP) is 0.670. The molecule has 0 amide bonds. The van der Waals surface area contributed by atoms with E-state index in [1.165, 1.54) is 12.8 Å². The summed E-state index contributed by atoms with van der Waals surface area (Å²) in [7, 11) is 0. The molecule has 1 saturated heterocycles. The Morgan fingerprint density at radius 2 is 2.00 bits per heavy atom. The number of hydrogen-bond donors (Lipinski definition) is 0. The third-order valence-electron chi connectivity index (χ3n) is 1.91. The Morgan fingerprint density at radius 3 is 2.44 bits per heavy atom. The number of rotatable bonds is 2. The van der Waals surface area contributed by atoms with Crippen LogP contribution in [0.15, 0.2) is 0 Å². The van der Waals surface area contributed by atoms with E-state index in [9.17, 15) is 4.79 Å². The van der Waals surface area contributed by atoms with Crippen molar-refractivity contribution in [2.75, 3.05) is 13.1 Å². The first-order chi connectivity index (χ1) is 4.34. The van der Waals surface area contributed by atoms with Crippen LogP contribution in [0.25, 0.3) is 0 Å². The lowest BCUT2D eigenvalue weighted by Gasteiger charge is -2.17. The first-order valence-electron chi connectivity index (χ1n) is 3.54. The van der Waals surface area contributed by atoms with Gasteiger partial charge in [-0.2, -0.15) is 0 Å². The van der Waals surface area contributed by atoms with Crippen LogP contribution in [0.4, 0.5) is 0 Å². The van der Waals surface area contributed by atoms with Crippen LogP contribution in [-0.4, -0.2) is 30.3 Å². The summed E-state index contributed by atoms with van der Waals surface area (Å²) in [6.45, 7) is 4.18. The van der Waals surface area contributed by atoms with Crippen LogP contribution in [0.1, 0.15) is 19.8 Å². The second-order valence-corrected chi connectivity index (χ2v) is 2.62. The summed E-state index contributed by atoms with van der Waals surface area (Å²) >= 11 is 0. The minimum Gasteiger partial charge on any atom is -0.302 e. The smallest absolute Gasteiger partial charge is 0.136 e. The molecular formula is C7H13NO. The van der Waals surface area contributed by atoms with Crippen molar-refractivity contribution in [2.24, 2.45) is 0 Å². The fourth-order valence-corrected chi connectivity index (χ4v) is 1.23. The van der Waals surface area contributed by atoms with Crippen molar-refractivity contribution in [1.82, 2.24) is 4.90 Å². The van der Waals surface area contributed by atoms with Gasteiger partial charge >= 0.3 is 0 Å². The van der Waals surface area contributed by atoms with Gasteiger partial charge in [-0.3, -0.25) is 4.90 Å². The zero-order chi connectivity index (χ0) is 6.69. The highest BCUT2D eigenvalue weighted by Gasteiger charge is 2.16. The van der Waals surface area contributed by atoms with Crippen LogP contribution in [0.5, 0.6) is 0 Å². The van der Waals surface area contributed by atoms with E-state index in [-0.39, 0.29) is 6.04 Å². The minimum atomic E-state index is 0.146. The van der Waals surface area contributed by atoms with E-state index in [4.69, 9.17) is 0 Å². The van der Waals surface area contributed by atoms with Gasteiger partial charge < -0.3 is 4.79 Å². The van der Waals surface area contributed by atoms with E-state index in [0.29, 0.717) is 0 Å². The molecule has 0 aromatic rings. The van der Waals surface area contributed by atoms with Gasteiger partial charge in [0.15, 0.2) is 0 Å². The van der Waals surface area contributed by atoms with Gasteiger partial charge in [-0.05, 0) is 32.9 Å². The highest BCUT2D eigenvalue weighted by atomic mass is 16.1. The molecule has 1 rings (SSSR count). The van der Waals surface area contributed by atoms with E-state index in [0.717, 1.165) is 19.4 Å². The summed E-state index contributed by atoms with van der Waals surface area (Å²) in [4.78, 5) is 12.5. The van der Waals surface area contributed by atoms with Gasteiger partial charge in [0.05, 0.1) is 6.04 Å². The first-order valence-corrected chi connectivity index (χ1v) is 3.54. The number of hydrogen-bond acceptors (Lipinski definition) is 2. The molecule has 1 atom stereocenters. The fourth-order valence-electron chi connectivity index (χ4n) is 1.23. The average Bonchev–Trinajstić information content (AvgIpc) is 2.37. The monoisotopic (exact) mass is 127 g/mol. The highest BCUT2D eigenvalue weighted by molar-refractivity contribution is 5.56. The van der Waals surface area contributed by atoms with E-state index in [2.05, 4.69) is 4.90 Å². The van der Waals surface area contributed by atoms with Crippen molar-refractivity contribution in [2.45, 2.75) is 25.8 Å². The van der Waals surface area contributed by atoms with Gasteiger partial charge in [0.1, 0.15) is 6.29 Å². The summed E-state index contributed by atoms with van der Waals surface area (Å²) in [6.07, 6.45) is 3.54. The standard InChI is InChI=1S/C7H13NO/c1-7(6-9)8-4-2-3-5-8/h6-7H,2-5H2,1H3. The number of aldehydes is 1. The third-order valence-corrected chi connectivity index (χ3v) is 1.91. The lowest BCUT2D eigenvalue weighted by atomic mass is 10.3. The van der Waals surface area contributed by atoms with Crippen LogP contribution in [-0.2, 0) is 4.79 Å². The maximum atomic E-state index is 10.3. The molecule has 0 aromatic heterocycles. The van der Waals surface area contributed by atoms with Crippen molar-refractivity contribution in [3.8, 4) is 0 Å². The Hall–Kier alpha value is -0.370. The molecular weight excluding hydrogens is 114 g/mol. The van der Waals surface area contributed by atoms with Crippen molar-refractivity contribution in [3.63, 3.8) is 0 Å². The molecule has 0 aliphatic carbocycles. The topological polar surface area (TPSA) is 20.3 Å². The molecule has 0 saturated carbocycles. The van der Waals surface area contributed by atoms with Gasteiger partial charge in [0, 0.05) is 0 Å². The first kappa shape index (κ1) is 6.75. The Morgan fingerprint density at radius 1 is 1.44 bits per heavy atom. The minimum absolute atomic E-state index is 0.146. The lowest BCUT2D eigenvalue weighted by molar-refractivity contribution is -0.111. The molecule has 9 heavy (non-hydrogen) atoms. The Bertz CT molecular complexity index is 97.1. The van der Waals surface area contributed by atoms with Gasteiger partial charge in [-0.25, -0.2) is 0 Å². The van der Waals surface area contributed by atoms with Crippen LogP contribution in [0, 0.1) is 0 Å². The normalized spacial score (nSPS) is 24.1.